The first kappa shape index (κ1) is 29.4. The molecule has 1 unspecified atom stereocenters. The molecule has 10 heteroatoms. The molecule has 44 heavy (non-hydrogen) atoms. The summed E-state index contributed by atoms with van der Waals surface area (Å²) in [5, 5.41) is 22.9. The third-order valence-corrected chi connectivity index (χ3v) is 9.74. The number of aliphatic hydroxyl groups is 1. The molecule has 8 nitrogen and oxygen atoms in total. The number of anilines is 1. The summed E-state index contributed by atoms with van der Waals surface area (Å²) in [6.45, 7) is 2.05. The van der Waals surface area contributed by atoms with Gasteiger partial charge in [-0.25, -0.2) is 0 Å². The first-order chi connectivity index (χ1) is 21.4. The number of rotatable bonds is 9. The number of benzene rings is 4. The van der Waals surface area contributed by atoms with E-state index in [1.54, 1.807) is 18.2 Å². The number of aryl methyl sites for hydroxylation is 1. The fourth-order valence-electron chi connectivity index (χ4n) is 5.34. The molecule has 1 amide bonds. The predicted molar refractivity (Wildman–Crippen MR) is 174 cm³/mol. The van der Waals surface area contributed by atoms with Crippen molar-refractivity contribution in [1.82, 2.24) is 10.2 Å². The maximum atomic E-state index is 13.6. The number of methoxy groups -OCH3 is 2. The number of ether oxygens (including phenoxy) is 2. The molecule has 0 spiro atoms. The number of Topliss-reactive ketones (excluding diaryl/α,β-unsaturated/α-hetero) is 1. The highest BCUT2D eigenvalue weighted by Gasteiger charge is 2.48. The van der Waals surface area contributed by atoms with E-state index in [0.29, 0.717) is 32.7 Å². The maximum Gasteiger partial charge on any atom is 0.301 e. The molecular formula is C34H29N3O5S2. The van der Waals surface area contributed by atoms with Crippen molar-refractivity contribution < 1.29 is 24.2 Å². The third kappa shape index (κ3) is 5.42. The fourth-order valence-corrected chi connectivity index (χ4v) is 7.21. The first-order valence-corrected chi connectivity index (χ1v) is 15.8. The van der Waals surface area contributed by atoms with Crippen molar-refractivity contribution in [3.05, 3.63) is 113 Å². The minimum Gasteiger partial charge on any atom is -0.507 e. The van der Waals surface area contributed by atoms with Gasteiger partial charge in [0.05, 0.1) is 25.8 Å². The first-order valence-electron chi connectivity index (χ1n) is 14.0. The van der Waals surface area contributed by atoms with E-state index in [1.165, 1.54) is 47.6 Å². The fraction of sp³-hybridized carbons (Fsp3) is 0.176. The molecule has 1 aliphatic rings. The second-order valence-corrected chi connectivity index (χ2v) is 12.3. The number of carbonyl (C=O) groups is 2. The van der Waals surface area contributed by atoms with Gasteiger partial charge in [-0.15, -0.1) is 10.2 Å². The summed E-state index contributed by atoms with van der Waals surface area (Å²) >= 11 is 2.76. The standard InChI is InChI=1S/C34H29N3O5S2/c1-4-20-12-14-22(15-13-20)29-28(30(38)23-16-17-26(41-2)27(18-23)42-3)31(39)32(40)37(29)33-35-36-34(44-33)43-19-24-10-7-9-21-8-5-6-11-25(21)24/h5-18,29,38H,4,19H2,1-3H3/b30-28+. The van der Waals surface area contributed by atoms with Crippen LogP contribution >= 0.6 is 23.1 Å². The minimum atomic E-state index is -0.905. The number of hydrogen-bond acceptors (Lipinski definition) is 9. The van der Waals surface area contributed by atoms with E-state index in [9.17, 15) is 14.7 Å². The lowest BCUT2D eigenvalue weighted by atomic mass is 9.94. The number of hydrogen-bond donors (Lipinski definition) is 1. The van der Waals surface area contributed by atoms with E-state index in [2.05, 4.69) is 41.4 Å². The molecule has 1 fully saturated rings. The lowest BCUT2D eigenvalue weighted by Crippen LogP contribution is -2.29. The van der Waals surface area contributed by atoms with Crippen LogP contribution in [0.25, 0.3) is 16.5 Å². The van der Waals surface area contributed by atoms with Crippen molar-refractivity contribution in [2.24, 2.45) is 0 Å². The van der Waals surface area contributed by atoms with E-state index in [1.807, 2.05) is 42.5 Å². The predicted octanol–water partition coefficient (Wildman–Crippen LogP) is 7.19. The Hall–Kier alpha value is -4.67. The van der Waals surface area contributed by atoms with Crippen molar-refractivity contribution in [2.75, 3.05) is 19.1 Å². The smallest absolute Gasteiger partial charge is 0.301 e. The van der Waals surface area contributed by atoms with Gasteiger partial charge in [0.1, 0.15) is 5.76 Å². The quantitative estimate of drug-likeness (QED) is 0.0605. The minimum absolute atomic E-state index is 0.0355. The highest BCUT2D eigenvalue weighted by Crippen LogP contribution is 2.45. The normalized spacial score (nSPS) is 16.1. The lowest BCUT2D eigenvalue weighted by Gasteiger charge is -2.22. The van der Waals surface area contributed by atoms with Gasteiger partial charge in [-0.2, -0.15) is 0 Å². The zero-order valence-corrected chi connectivity index (χ0v) is 25.9. The molecule has 0 radical (unpaired) electrons. The number of aliphatic hydroxyl groups excluding tert-OH is 1. The molecule has 1 saturated heterocycles. The van der Waals surface area contributed by atoms with Gasteiger partial charge < -0.3 is 14.6 Å². The Kier molecular flexibility index (Phi) is 8.36. The molecule has 2 heterocycles. The van der Waals surface area contributed by atoms with Crippen LogP contribution < -0.4 is 14.4 Å². The Morgan fingerprint density at radius 1 is 0.932 bits per heavy atom. The largest absolute Gasteiger partial charge is 0.507 e. The average molecular weight is 624 g/mol. The summed E-state index contributed by atoms with van der Waals surface area (Å²) in [7, 11) is 3.00. The molecule has 0 aliphatic carbocycles. The van der Waals surface area contributed by atoms with Crippen LogP contribution in [0.4, 0.5) is 5.13 Å². The van der Waals surface area contributed by atoms with E-state index in [0.717, 1.165) is 22.9 Å². The molecule has 1 N–H and O–H groups in total. The van der Waals surface area contributed by atoms with Gasteiger partial charge in [0.25, 0.3) is 5.78 Å². The summed E-state index contributed by atoms with van der Waals surface area (Å²) in [6.07, 6.45) is 0.833. The van der Waals surface area contributed by atoms with Gasteiger partial charge in [-0.1, -0.05) is 96.8 Å². The molecule has 0 bridgehead atoms. The Balaban J connectivity index is 1.38. The molecule has 5 aromatic rings. The number of fused-ring (bicyclic) bond motifs is 1. The second kappa shape index (κ2) is 12.5. The number of carbonyl (C=O) groups excluding carboxylic acids is 2. The van der Waals surface area contributed by atoms with Gasteiger partial charge in [-0.3, -0.25) is 14.5 Å². The van der Waals surface area contributed by atoms with Crippen LogP contribution in [-0.4, -0.2) is 41.2 Å². The second-order valence-electron chi connectivity index (χ2n) is 10.1. The van der Waals surface area contributed by atoms with Crippen LogP contribution in [0.1, 0.15) is 35.2 Å². The van der Waals surface area contributed by atoms with Gasteiger partial charge in [-0.05, 0) is 52.1 Å². The number of ketones is 1. The van der Waals surface area contributed by atoms with Gasteiger partial charge in [0.2, 0.25) is 5.13 Å². The van der Waals surface area contributed by atoms with Crippen molar-refractivity contribution in [2.45, 2.75) is 29.5 Å². The molecule has 1 aromatic heterocycles. The van der Waals surface area contributed by atoms with Gasteiger partial charge in [0, 0.05) is 11.3 Å². The molecule has 222 valence electrons. The monoisotopic (exact) mass is 623 g/mol. The van der Waals surface area contributed by atoms with Crippen LogP contribution in [0, 0.1) is 0 Å². The van der Waals surface area contributed by atoms with Crippen molar-refractivity contribution in [3.63, 3.8) is 0 Å². The zero-order valence-electron chi connectivity index (χ0n) is 24.3. The van der Waals surface area contributed by atoms with Crippen molar-refractivity contribution >= 4 is 56.5 Å². The molecule has 0 saturated carbocycles. The SMILES string of the molecule is CCc1ccc(C2/C(=C(\O)c3ccc(OC)c(OC)c3)C(=O)C(=O)N2c2nnc(SCc3cccc4ccccc34)s2)cc1. The van der Waals surface area contributed by atoms with Crippen LogP contribution in [0.3, 0.4) is 0 Å². The average Bonchev–Trinajstić information content (AvgIpc) is 3.64. The van der Waals surface area contributed by atoms with E-state index >= 15 is 0 Å². The Labute approximate surface area is 263 Å². The number of aromatic nitrogens is 2. The number of thioether (sulfide) groups is 1. The third-order valence-electron chi connectivity index (χ3n) is 7.64. The van der Waals surface area contributed by atoms with Gasteiger partial charge >= 0.3 is 5.91 Å². The Morgan fingerprint density at radius 2 is 1.68 bits per heavy atom. The summed E-state index contributed by atoms with van der Waals surface area (Å²) in [5.74, 6) is -0.382. The Morgan fingerprint density at radius 3 is 2.43 bits per heavy atom. The molecule has 4 aromatic carbocycles. The zero-order chi connectivity index (χ0) is 30.8. The Bertz CT molecular complexity index is 1900. The summed E-state index contributed by atoms with van der Waals surface area (Å²) in [4.78, 5) is 28.6. The van der Waals surface area contributed by atoms with Crippen molar-refractivity contribution in [1.29, 1.82) is 0 Å². The topological polar surface area (TPSA) is 102 Å². The number of amides is 1. The van der Waals surface area contributed by atoms with Crippen LogP contribution in [-0.2, 0) is 21.8 Å². The highest BCUT2D eigenvalue weighted by atomic mass is 32.2. The van der Waals surface area contributed by atoms with Crippen LogP contribution in [0.5, 0.6) is 11.5 Å². The highest BCUT2D eigenvalue weighted by molar-refractivity contribution is 8.00. The number of nitrogens with zero attached hydrogens (tertiary/aromatic N) is 3. The summed E-state index contributed by atoms with van der Waals surface area (Å²) in [5.41, 5.74) is 3.22. The van der Waals surface area contributed by atoms with Crippen LogP contribution in [0.2, 0.25) is 0 Å². The molecule has 1 aliphatic heterocycles. The van der Waals surface area contributed by atoms with E-state index < -0.39 is 17.7 Å². The summed E-state index contributed by atoms with van der Waals surface area (Å²) in [6, 6.07) is 26.0. The van der Waals surface area contributed by atoms with E-state index in [-0.39, 0.29) is 16.5 Å². The molecule has 1 atom stereocenters. The molecule has 6 rings (SSSR count). The maximum absolute atomic E-state index is 13.6. The van der Waals surface area contributed by atoms with Gasteiger partial charge in [0.15, 0.2) is 15.8 Å². The lowest BCUT2D eigenvalue weighted by molar-refractivity contribution is -0.132. The van der Waals surface area contributed by atoms with Crippen molar-refractivity contribution in [3.8, 4) is 11.5 Å². The molecular weight excluding hydrogens is 595 g/mol. The van der Waals surface area contributed by atoms with Crippen LogP contribution in [0.15, 0.2) is 94.8 Å². The van der Waals surface area contributed by atoms with E-state index in [4.69, 9.17) is 9.47 Å². The summed E-state index contributed by atoms with van der Waals surface area (Å²) < 4.78 is 11.4.